The Morgan fingerprint density at radius 2 is 0.559 bits per heavy atom. The van der Waals surface area contributed by atoms with Gasteiger partial charge >= 0.3 is 50.9 Å². The van der Waals surface area contributed by atoms with Crippen LogP contribution in [0.3, 0.4) is 0 Å². The Balaban J connectivity index is -0.000000368. The Morgan fingerprint density at radius 1 is 0.412 bits per heavy atom. The molecule has 0 aromatic carbocycles. The van der Waals surface area contributed by atoms with Crippen molar-refractivity contribution in [3.63, 3.8) is 0 Å². The van der Waals surface area contributed by atoms with Gasteiger partial charge in [0.1, 0.15) is 0 Å². The maximum absolute atomic E-state index is 11.0. The number of aliphatic carboxylic acids is 5. The van der Waals surface area contributed by atoms with Crippen molar-refractivity contribution in [2.75, 3.05) is 58.9 Å². The summed E-state index contributed by atoms with van der Waals surface area (Å²) in [7, 11) is 0. The molecule has 0 rings (SSSR count). The quantitative estimate of drug-likeness (QED) is 0.0679. The van der Waals surface area contributed by atoms with Gasteiger partial charge in [0, 0.05) is 26.2 Å². The van der Waals surface area contributed by atoms with Gasteiger partial charge in [0.15, 0.2) is 0 Å². The average molecular weight is 576 g/mol. The maximum atomic E-state index is 11.0. The van der Waals surface area contributed by atoms with Gasteiger partial charge in [-0.1, -0.05) is 0 Å². The number of rotatable bonds is 16. The molecule has 0 bridgehead atoms. The second kappa shape index (κ2) is 28.0. The van der Waals surface area contributed by atoms with E-state index in [4.69, 9.17) is 39.9 Å². The fraction of sp³-hybridized carbons (Fsp3) is 0.529. The van der Waals surface area contributed by atoms with E-state index < -0.39 is 62.6 Å². The van der Waals surface area contributed by atoms with Crippen LogP contribution in [-0.2, 0) is 59.4 Å². The summed E-state index contributed by atoms with van der Waals surface area (Å²) in [6.45, 7) is 7.01. The first-order valence-corrected chi connectivity index (χ1v) is 8.46. The predicted octanol–water partition coefficient (Wildman–Crippen LogP) is -3.51. The van der Waals surface area contributed by atoms with E-state index in [1.54, 1.807) is 0 Å². The van der Waals surface area contributed by atoms with E-state index in [1.807, 2.05) is 0 Å². The molecule has 16 nitrogen and oxygen atoms in total. The Labute approximate surface area is 209 Å². The number of carbonyl (C=O) groups excluding carboxylic acids is 3. The molecule has 5 N–H and O–H groups in total. The van der Waals surface area contributed by atoms with Crippen molar-refractivity contribution in [1.82, 2.24) is 14.7 Å². The second-order valence-electron chi connectivity index (χ2n) is 5.67. The van der Waals surface area contributed by atoms with Crippen molar-refractivity contribution in [3.8, 4) is 0 Å². The summed E-state index contributed by atoms with van der Waals surface area (Å²) in [5, 5.41) is 44.1. The van der Waals surface area contributed by atoms with Gasteiger partial charge < -0.3 is 39.9 Å². The van der Waals surface area contributed by atoms with Gasteiger partial charge in [-0.25, -0.2) is 0 Å². The van der Waals surface area contributed by atoms with Crippen molar-refractivity contribution in [2.45, 2.75) is 0 Å². The Kier molecular flexibility index (Phi) is 33.9. The monoisotopic (exact) mass is 578 g/mol. The molecule has 0 atom stereocenters. The maximum Gasteiger partial charge on any atom is 3.00 e. The van der Waals surface area contributed by atoms with E-state index in [9.17, 15) is 24.0 Å². The molecule has 0 aromatic heterocycles. The first-order chi connectivity index (χ1) is 15.5. The summed E-state index contributed by atoms with van der Waals surface area (Å²) in [6, 6.07) is 0. The Hall–Kier alpha value is -3.07. The summed E-state index contributed by atoms with van der Waals surface area (Å²) in [5.74, 6) is -6.16. The fourth-order valence-electron chi connectivity index (χ4n) is 2.22. The molecular formula is C17H26MoN3O13. The van der Waals surface area contributed by atoms with Gasteiger partial charge in [-0.15, -0.1) is 0 Å². The van der Waals surface area contributed by atoms with E-state index in [-0.39, 0.29) is 47.2 Å². The first-order valence-electron chi connectivity index (χ1n) is 8.46. The van der Waals surface area contributed by atoms with E-state index in [0.717, 1.165) is 9.80 Å². The zero-order valence-corrected chi connectivity index (χ0v) is 19.9. The molecule has 0 aliphatic rings. The molecular weight excluding hydrogens is 550 g/mol. The van der Waals surface area contributed by atoms with Crippen LogP contribution in [0.15, 0.2) is 0 Å². The van der Waals surface area contributed by atoms with Crippen LogP contribution in [-0.4, -0.2) is 149 Å². The number of carbonyl (C=O) groups is 5. The zero-order valence-electron chi connectivity index (χ0n) is 17.8. The smallest absolute Gasteiger partial charge is 0.545 e. The largest absolute Gasteiger partial charge is 3.00 e. The number of hydrogen-bond acceptors (Lipinski definition) is 11. The standard InChI is InChI=1S/C14H23N3O10.3CHO.Mo/c18-10(19)5-15(1-3-16(6-11(20)21)7-12(22)23)2-4-17(8-13(24)25)9-14(26)27;3*1-2;/h1-9H2,(H,18,19)(H,20,21)(H,22,23)(H,24,25)(H,26,27);3*1H;/q;3*-1;+3. The van der Waals surface area contributed by atoms with Crippen LogP contribution in [0.2, 0.25) is 0 Å². The van der Waals surface area contributed by atoms with Gasteiger partial charge in [-0.05, 0) is 0 Å². The van der Waals surface area contributed by atoms with Crippen LogP contribution < -0.4 is 0 Å². The van der Waals surface area contributed by atoms with Gasteiger partial charge in [0.25, 0.3) is 0 Å². The molecule has 0 fully saturated rings. The number of nitrogens with zero attached hydrogens (tertiary/aromatic N) is 3. The average Bonchev–Trinajstić information content (AvgIpc) is 2.72. The second-order valence-corrected chi connectivity index (χ2v) is 5.67. The minimum atomic E-state index is -1.24. The van der Waals surface area contributed by atoms with Gasteiger partial charge in [0.2, 0.25) is 0 Å². The molecule has 0 aliphatic heterocycles. The third-order valence-corrected chi connectivity index (χ3v) is 3.26. The molecule has 0 saturated heterocycles. The molecule has 0 saturated carbocycles. The van der Waals surface area contributed by atoms with Gasteiger partial charge in [-0.2, -0.15) is 0 Å². The summed E-state index contributed by atoms with van der Waals surface area (Å²) in [5.41, 5.74) is 0. The topological polar surface area (TPSA) is 247 Å². The van der Waals surface area contributed by atoms with Crippen LogP contribution in [0.25, 0.3) is 0 Å². The molecule has 0 heterocycles. The third-order valence-electron chi connectivity index (χ3n) is 3.26. The van der Waals surface area contributed by atoms with E-state index in [0.29, 0.717) is 0 Å². The Morgan fingerprint density at radius 3 is 0.735 bits per heavy atom. The molecule has 1 radical (unpaired) electrons. The van der Waals surface area contributed by atoms with Crippen molar-refractivity contribution < 1.29 is 85.0 Å². The van der Waals surface area contributed by atoms with E-state index in [2.05, 4.69) is 20.4 Å². The van der Waals surface area contributed by atoms with Gasteiger partial charge in [-0.3, -0.25) is 59.0 Å². The van der Waals surface area contributed by atoms with Crippen molar-refractivity contribution in [3.05, 3.63) is 0 Å². The van der Waals surface area contributed by atoms with E-state index in [1.165, 1.54) is 4.90 Å². The molecule has 193 valence electrons. The molecule has 0 aliphatic carbocycles. The summed E-state index contributed by atoms with van der Waals surface area (Å²) in [4.78, 5) is 80.9. The Bertz CT molecular complexity index is 532. The zero-order chi connectivity index (χ0) is 27.0. The number of carboxylic acids is 5. The molecule has 0 unspecified atom stereocenters. The molecule has 0 amide bonds. The molecule has 0 spiro atoms. The minimum Gasteiger partial charge on any atom is -0.545 e. The normalized spacial score (nSPS) is 9.15. The van der Waals surface area contributed by atoms with E-state index >= 15 is 0 Å². The van der Waals surface area contributed by atoms with Crippen LogP contribution in [0.1, 0.15) is 0 Å². The summed E-state index contributed by atoms with van der Waals surface area (Å²) in [6.07, 6.45) is 0. The summed E-state index contributed by atoms with van der Waals surface area (Å²) >= 11 is 0. The predicted molar refractivity (Wildman–Crippen MR) is 108 cm³/mol. The molecule has 17 heteroatoms. The van der Waals surface area contributed by atoms with Crippen molar-refractivity contribution in [2.24, 2.45) is 0 Å². The SMILES string of the molecule is O=C(O)CN(CCN(CC(=O)O)CC(=O)O)CCN(CC(=O)O)CC(=O)O.[CH-]=O.[CH-]=O.[CH-]=O.[Mo+3]. The van der Waals surface area contributed by atoms with Crippen molar-refractivity contribution in [1.29, 1.82) is 0 Å². The fourth-order valence-corrected chi connectivity index (χ4v) is 2.22. The minimum absolute atomic E-state index is 0. The van der Waals surface area contributed by atoms with Crippen LogP contribution >= 0.6 is 0 Å². The summed E-state index contributed by atoms with van der Waals surface area (Å²) < 4.78 is 0. The third kappa shape index (κ3) is 31.1. The first kappa shape index (κ1) is 41.2. The van der Waals surface area contributed by atoms with Crippen LogP contribution in [0, 0.1) is 0 Å². The van der Waals surface area contributed by atoms with Crippen LogP contribution in [0.5, 0.6) is 0 Å². The number of hydrogen-bond donors (Lipinski definition) is 5. The van der Waals surface area contributed by atoms with Gasteiger partial charge in [0.05, 0.1) is 32.7 Å². The van der Waals surface area contributed by atoms with Crippen LogP contribution in [0.4, 0.5) is 0 Å². The van der Waals surface area contributed by atoms with Crippen molar-refractivity contribution >= 4 is 50.2 Å². The molecule has 0 aromatic rings. The number of carboxylic acid groups (broad SMARTS) is 5. The molecule has 34 heavy (non-hydrogen) atoms.